The van der Waals surface area contributed by atoms with Crippen LogP contribution in [-0.4, -0.2) is 15.8 Å². The Balaban J connectivity index is 2.58. The van der Waals surface area contributed by atoms with Crippen molar-refractivity contribution in [1.29, 1.82) is 0 Å². The molecule has 1 heterocycles. The largest absolute Gasteiger partial charge is 0.310 e. The minimum Gasteiger partial charge on any atom is -0.310 e. The van der Waals surface area contributed by atoms with Crippen LogP contribution in [-0.2, 0) is 13.6 Å². The summed E-state index contributed by atoms with van der Waals surface area (Å²) in [5.41, 5.74) is 1.05. The standard InChI is InChI=1S/C8H14ClN3/c1-6(2)10-4-7-5-11-12(3)8(7)9/h5-6,10H,4H2,1-3H3. The van der Waals surface area contributed by atoms with E-state index in [1.807, 2.05) is 7.05 Å². The molecule has 4 heteroatoms. The summed E-state index contributed by atoms with van der Waals surface area (Å²) in [7, 11) is 1.83. The third-order valence-corrected chi connectivity index (χ3v) is 2.12. The van der Waals surface area contributed by atoms with E-state index < -0.39 is 0 Å². The average molecular weight is 188 g/mol. The Morgan fingerprint density at radius 2 is 2.33 bits per heavy atom. The second-order valence-electron chi connectivity index (χ2n) is 3.12. The van der Waals surface area contributed by atoms with Crippen LogP contribution >= 0.6 is 11.6 Å². The van der Waals surface area contributed by atoms with Crippen LogP contribution in [0.25, 0.3) is 0 Å². The Morgan fingerprint density at radius 1 is 1.67 bits per heavy atom. The van der Waals surface area contributed by atoms with Crippen molar-refractivity contribution in [2.45, 2.75) is 26.4 Å². The molecule has 0 atom stereocenters. The van der Waals surface area contributed by atoms with Crippen molar-refractivity contribution in [2.24, 2.45) is 7.05 Å². The van der Waals surface area contributed by atoms with Crippen molar-refractivity contribution in [3.63, 3.8) is 0 Å². The Kier molecular flexibility index (Phi) is 3.12. The van der Waals surface area contributed by atoms with Crippen LogP contribution in [0, 0.1) is 0 Å². The van der Waals surface area contributed by atoms with Gasteiger partial charge in [0.1, 0.15) is 5.15 Å². The normalized spacial score (nSPS) is 11.1. The summed E-state index contributed by atoms with van der Waals surface area (Å²) >= 11 is 5.95. The van der Waals surface area contributed by atoms with Crippen LogP contribution in [0.2, 0.25) is 5.15 Å². The molecule has 12 heavy (non-hydrogen) atoms. The van der Waals surface area contributed by atoms with E-state index in [0.29, 0.717) is 11.2 Å². The first-order valence-corrected chi connectivity index (χ1v) is 4.39. The van der Waals surface area contributed by atoms with Gasteiger partial charge in [-0.15, -0.1) is 0 Å². The van der Waals surface area contributed by atoms with Gasteiger partial charge in [0.25, 0.3) is 0 Å². The highest BCUT2D eigenvalue weighted by molar-refractivity contribution is 6.30. The Hall–Kier alpha value is -0.540. The lowest BCUT2D eigenvalue weighted by atomic mass is 10.3. The predicted octanol–water partition coefficient (Wildman–Crippen LogP) is 1.57. The summed E-state index contributed by atoms with van der Waals surface area (Å²) in [6, 6.07) is 0.473. The molecular formula is C8H14ClN3. The average Bonchev–Trinajstić information content (AvgIpc) is 2.30. The molecule has 3 nitrogen and oxygen atoms in total. The van der Waals surface area contributed by atoms with Crippen LogP contribution in [0.15, 0.2) is 6.20 Å². The van der Waals surface area contributed by atoms with Gasteiger partial charge in [0.15, 0.2) is 0 Å². The number of hydrogen-bond donors (Lipinski definition) is 1. The number of nitrogens with zero attached hydrogens (tertiary/aromatic N) is 2. The van der Waals surface area contributed by atoms with E-state index in [1.165, 1.54) is 0 Å². The highest BCUT2D eigenvalue weighted by Gasteiger charge is 2.04. The van der Waals surface area contributed by atoms with Crippen molar-refractivity contribution in [3.8, 4) is 0 Å². The molecule has 1 aromatic rings. The van der Waals surface area contributed by atoms with Crippen molar-refractivity contribution < 1.29 is 0 Å². The maximum Gasteiger partial charge on any atom is 0.131 e. The summed E-state index contributed by atoms with van der Waals surface area (Å²) in [5.74, 6) is 0. The zero-order valence-corrected chi connectivity index (χ0v) is 8.39. The minimum atomic E-state index is 0.473. The van der Waals surface area contributed by atoms with Gasteiger partial charge in [0, 0.05) is 25.2 Å². The molecule has 0 radical (unpaired) electrons. The van der Waals surface area contributed by atoms with Gasteiger partial charge < -0.3 is 5.32 Å². The zero-order chi connectivity index (χ0) is 9.14. The second-order valence-corrected chi connectivity index (χ2v) is 3.48. The number of aryl methyl sites for hydroxylation is 1. The molecule has 0 bridgehead atoms. The summed E-state index contributed by atoms with van der Waals surface area (Å²) in [5, 5.41) is 8.03. The number of hydrogen-bond acceptors (Lipinski definition) is 2. The van der Waals surface area contributed by atoms with Crippen LogP contribution in [0.5, 0.6) is 0 Å². The first-order chi connectivity index (χ1) is 5.61. The molecule has 0 aliphatic carbocycles. The van der Waals surface area contributed by atoms with Crippen molar-refractivity contribution in [2.75, 3.05) is 0 Å². The van der Waals surface area contributed by atoms with E-state index in [0.717, 1.165) is 12.1 Å². The van der Waals surface area contributed by atoms with E-state index >= 15 is 0 Å². The fourth-order valence-electron chi connectivity index (χ4n) is 0.901. The summed E-state index contributed by atoms with van der Waals surface area (Å²) < 4.78 is 1.67. The number of nitrogens with one attached hydrogen (secondary N) is 1. The van der Waals surface area contributed by atoms with Crippen molar-refractivity contribution in [1.82, 2.24) is 15.1 Å². The highest BCUT2D eigenvalue weighted by Crippen LogP contribution is 2.13. The first-order valence-electron chi connectivity index (χ1n) is 4.01. The van der Waals surface area contributed by atoms with Gasteiger partial charge in [-0.3, -0.25) is 4.68 Å². The summed E-state index contributed by atoms with van der Waals surface area (Å²) in [4.78, 5) is 0. The predicted molar refractivity (Wildman–Crippen MR) is 50.2 cm³/mol. The fraction of sp³-hybridized carbons (Fsp3) is 0.625. The quantitative estimate of drug-likeness (QED) is 0.779. The Morgan fingerprint density at radius 3 is 2.75 bits per heavy atom. The van der Waals surface area contributed by atoms with Gasteiger partial charge in [-0.25, -0.2) is 0 Å². The molecule has 1 N–H and O–H groups in total. The number of rotatable bonds is 3. The molecular weight excluding hydrogens is 174 g/mol. The third-order valence-electron chi connectivity index (χ3n) is 1.64. The molecule has 0 amide bonds. The van der Waals surface area contributed by atoms with E-state index in [4.69, 9.17) is 11.6 Å². The molecule has 0 aliphatic heterocycles. The lowest BCUT2D eigenvalue weighted by Gasteiger charge is -2.05. The van der Waals surface area contributed by atoms with E-state index in [9.17, 15) is 0 Å². The van der Waals surface area contributed by atoms with Crippen LogP contribution in [0.4, 0.5) is 0 Å². The highest BCUT2D eigenvalue weighted by atomic mass is 35.5. The summed E-state index contributed by atoms with van der Waals surface area (Å²) in [6.45, 7) is 4.99. The monoisotopic (exact) mass is 187 g/mol. The van der Waals surface area contributed by atoms with Gasteiger partial charge in [-0.2, -0.15) is 5.10 Å². The van der Waals surface area contributed by atoms with Crippen LogP contribution < -0.4 is 5.32 Å². The summed E-state index contributed by atoms with van der Waals surface area (Å²) in [6.07, 6.45) is 1.79. The van der Waals surface area contributed by atoms with Gasteiger partial charge in [-0.05, 0) is 0 Å². The lowest BCUT2D eigenvalue weighted by molar-refractivity contribution is 0.588. The lowest BCUT2D eigenvalue weighted by Crippen LogP contribution is -2.21. The Labute approximate surface area is 77.7 Å². The molecule has 0 spiro atoms. The smallest absolute Gasteiger partial charge is 0.131 e. The molecule has 1 rings (SSSR count). The van der Waals surface area contributed by atoms with Crippen molar-refractivity contribution >= 4 is 11.6 Å². The minimum absolute atomic E-state index is 0.473. The topological polar surface area (TPSA) is 29.9 Å². The molecule has 0 saturated carbocycles. The van der Waals surface area contributed by atoms with Crippen molar-refractivity contribution in [3.05, 3.63) is 16.9 Å². The van der Waals surface area contributed by atoms with E-state index in [1.54, 1.807) is 10.9 Å². The third kappa shape index (κ3) is 2.22. The molecule has 0 aromatic carbocycles. The first kappa shape index (κ1) is 9.55. The Bertz CT molecular complexity index is 255. The molecule has 0 fully saturated rings. The van der Waals surface area contributed by atoms with Gasteiger partial charge >= 0.3 is 0 Å². The molecule has 1 aromatic heterocycles. The second kappa shape index (κ2) is 3.92. The molecule has 0 saturated heterocycles. The van der Waals surface area contributed by atoms with Gasteiger partial charge in [0.05, 0.1) is 6.20 Å². The molecule has 0 aliphatic rings. The van der Waals surface area contributed by atoms with Crippen LogP contribution in [0.1, 0.15) is 19.4 Å². The van der Waals surface area contributed by atoms with E-state index in [2.05, 4.69) is 24.3 Å². The maximum absolute atomic E-state index is 5.95. The molecule has 68 valence electrons. The van der Waals surface area contributed by atoms with Gasteiger partial charge in [-0.1, -0.05) is 25.4 Å². The van der Waals surface area contributed by atoms with Gasteiger partial charge in [0.2, 0.25) is 0 Å². The zero-order valence-electron chi connectivity index (χ0n) is 7.63. The number of aromatic nitrogens is 2. The molecule has 0 unspecified atom stereocenters. The number of halogens is 1. The fourth-order valence-corrected chi connectivity index (χ4v) is 1.06. The van der Waals surface area contributed by atoms with E-state index in [-0.39, 0.29) is 0 Å². The van der Waals surface area contributed by atoms with Crippen LogP contribution in [0.3, 0.4) is 0 Å². The SMILES string of the molecule is CC(C)NCc1cnn(C)c1Cl. The maximum atomic E-state index is 5.95.